The molecule has 7 nitrogen and oxygen atoms in total. The third-order valence-electron chi connectivity index (χ3n) is 8.73. The highest BCUT2D eigenvalue weighted by atomic mass is 35.5. The molecule has 0 aromatic heterocycles. The highest BCUT2D eigenvalue weighted by Gasteiger charge is 2.73. The van der Waals surface area contributed by atoms with Crippen molar-refractivity contribution in [1.29, 1.82) is 0 Å². The second-order valence-electron chi connectivity index (χ2n) is 12.3. The number of carbonyl (C=O) groups excluding carboxylic acids is 4. The number of benzene rings is 3. The standard InChI is InChI=1S/C34H32Cl2N2O5/c1-18(2)17-43-32(42)20-13-15-21(16-14-20)37-29(39)28(19(3)4)38-30(40)26-27(31(38)41)34(36)23-10-6-5-9-22(23)33(26,35)24-11-7-8-12-25(24)34/h5-16,18-19,26-28H,17H2,1-4H3,(H,37,39)/t26-,27+,28-,33?,34?/m0/s1. The lowest BCUT2D eigenvalue weighted by Gasteiger charge is -2.54. The quantitative estimate of drug-likeness (QED) is 0.197. The van der Waals surface area contributed by atoms with E-state index in [0.29, 0.717) is 40.1 Å². The predicted molar refractivity (Wildman–Crippen MR) is 164 cm³/mol. The van der Waals surface area contributed by atoms with Crippen LogP contribution in [0.15, 0.2) is 72.8 Å². The number of nitrogens with one attached hydrogen (secondary N) is 1. The second kappa shape index (κ2) is 10.5. The third kappa shape index (κ3) is 4.23. The lowest BCUT2D eigenvalue weighted by Crippen LogP contribution is -2.57. The number of esters is 1. The third-order valence-corrected chi connectivity index (χ3v) is 10.0. The van der Waals surface area contributed by atoms with Crippen LogP contribution in [0.1, 0.15) is 60.3 Å². The highest BCUT2D eigenvalue weighted by molar-refractivity contribution is 6.36. The molecule has 1 aliphatic heterocycles. The van der Waals surface area contributed by atoms with Crippen LogP contribution in [-0.2, 0) is 28.9 Å². The molecule has 222 valence electrons. The average molecular weight is 620 g/mol. The minimum Gasteiger partial charge on any atom is -0.462 e. The molecule has 4 aliphatic rings. The van der Waals surface area contributed by atoms with Crippen LogP contribution in [0.25, 0.3) is 0 Å². The van der Waals surface area contributed by atoms with Gasteiger partial charge in [0.05, 0.1) is 24.0 Å². The molecule has 0 saturated carbocycles. The Morgan fingerprint density at radius 2 is 1.23 bits per heavy atom. The molecule has 0 radical (unpaired) electrons. The number of likely N-dealkylation sites (tertiary alicyclic amines) is 1. The molecule has 0 unspecified atom stereocenters. The van der Waals surface area contributed by atoms with E-state index >= 15 is 0 Å². The zero-order chi connectivity index (χ0) is 30.8. The van der Waals surface area contributed by atoms with E-state index in [1.807, 2.05) is 62.4 Å². The minimum atomic E-state index is -1.33. The summed E-state index contributed by atoms with van der Waals surface area (Å²) in [6, 6.07) is 20.0. The summed E-state index contributed by atoms with van der Waals surface area (Å²) >= 11 is 15.0. The van der Waals surface area contributed by atoms with Crippen LogP contribution in [0.2, 0.25) is 0 Å². The van der Waals surface area contributed by atoms with Crippen molar-refractivity contribution in [1.82, 2.24) is 4.90 Å². The molecular formula is C34H32Cl2N2O5. The molecule has 3 aromatic rings. The number of nitrogens with zero attached hydrogens (tertiary/aromatic N) is 1. The first-order chi connectivity index (χ1) is 20.4. The van der Waals surface area contributed by atoms with Gasteiger partial charge in [0, 0.05) is 5.69 Å². The van der Waals surface area contributed by atoms with E-state index in [-0.39, 0.29) is 5.92 Å². The Morgan fingerprint density at radius 1 is 0.791 bits per heavy atom. The van der Waals surface area contributed by atoms with Crippen molar-refractivity contribution in [3.8, 4) is 0 Å². The summed E-state index contributed by atoms with van der Waals surface area (Å²) in [4.78, 5) is 53.3. The number of hydrogen-bond acceptors (Lipinski definition) is 5. The summed E-state index contributed by atoms with van der Waals surface area (Å²) in [6.45, 7) is 7.77. The van der Waals surface area contributed by atoms with Gasteiger partial charge in [-0.3, -0.25) is 19.3 Å². The van der Waals surface area contributed by atoms with Crippen molar-refractivity contribution in [2.45, 2.75) is 43.5 Å². The maximum absolute atomic E-state index is 14.4. The zero-order valence-corrected chi connectivity index (χ0v) is 25.8. The highest BCUT2D eigenvalue weighted by Crippen LogP contribution is 2.69. The topological polar surface area (TPSA) is 92.8 Å². The number of halogens is 2. The fourth-order valence-corrected chi connectivity index (χ4v) is 8.01. The maximum atomic E-state index is 14.4. The Labute approximate surface area is 260 Å². The van der Waals surface area contributed by atoms with Crippen molar-refractivity contribution in [3.63, 3.8) is 0 Å². The van der Waals surface area contributed by atoms with Crippen LogP contribution in [0.5, 0.6) is 0 Å². The smallest absolute Gasteiger partial charge is 0.338 e. The van der Waals surface area contributed by atoms with Gasteiger partial charge in [-0.1, -0.05) is 76.2 Å². The van der Waals surface area contributed by atoms with Crippen LogP contribution in [0.4, 0.5) is 5.69 Å². The number of rotatable bonds is 7. The van der Waals surface area contributed by atoms with Crippen LogP contribution in [0, 0.1) is 23.7 Å². The van der Waals surface area contributed by atoms with Crippen LogP contribution in [0.3, 0.4) is 0 Å². The largest absolute Gasteiger partial charge is 0.462 e. The monoisotopic (exact) mass is 618 g/mol. The van der Waals surface area contributed by atoms with Crippen molar-refractivity contribution in [2.75, 3.05) is 11.9 Å². The molecule has 2 bridgehead atoms. The van der Waals surface area contributed by atoms with E-state index in [1.165, 1.54) is 0 Å². The maximum Gasteiger partial charge on any atom is 0.338 e. The SMILES string of the molecule is CC(C)COC(=O)c1ccc(NC(=O)[C@H](C(C)C)N2C(=O)[C@@H]3[C@H](C2=O)C2(Cl)c4ccccc4C3(Cl)c3ccccc32)cc1. The van der Waals surface area contributed by atoms with Gasteiger partial charge in [0.25, 0.3) is 0 Å². The Balaban J connectivity index is 1.33. The lowest BCUT2D eigenvalue weighted by molar-refractivity contribution is -0.148. The predicted octanol–water partition coefficient (Wildman–Crippen LogP) is 6.06. The Kier molecular flexibility index (Phi) is 7.17. The van der Waals surface area contributed by atoms with Crippen LogP contribution in [-0.4, -0.2) is 41.2 Å². The fourth-order valence-electron chi connectivity index (χ4n) is 6.91. The van der Waals surface area contributed by atoms with Crippen molar-refractivity contribution in [3.05, 3.63) is 101 Å². The van der Waals surface area contributed by atoms with Crippen molar-refractivity contribution in [2.24, 2.45) is 23.7 Å². The van der Waals surface area contributed by atoms with Gasteiger partial charge in [0.1, 0.15) is 15.8 Å². The first kappa shape index (κ1) is 29.4. The molecule has 0 spiro atoms. The zero-order valence-electron chi connectivity index (χ0n) is 24.3. The number of anilines is 1. The van der Waals surface area contributed by atoms with E-state index < -0.39 is 57.2 Å². The summed E-state index contributed by atoms with van der Waals surface area (Å²) in [7, 11) is 0. The van der Waals surface area contributed by atoms with Gasteiger partial charge in [0.2, 0.25) is 17.7 Å². The Morgan fingerprint density at radius 3 is 1.63 bits per heavy atom. The van der Waals surface area contributed by atoms with Gasteiger partial charge in [-0.05, 0) is 58.4 Å². The fraction of sp³-hybridized carbons (Fsp3) is 0.353. The molecule has 7 rings (SSSR count). The molecule has 1 heterocycles. The van der Waals surface area contributed by atoms with Gasteiger partial charge < -0.3 is 10.1 Å². The number of imide groups is 1. The summed E-state index contributed by atoms with van der Waals surface area (Å²) < 4.78 is 5.27. The summed E-state index contributed by atoms with van der Waals surface area (Å²) in [6.07, 6.45) is 0. The normalized spacial score (nSPS) is 25.8. The van der Waals surface area contributed by atoms with E-state index in [4.69, 9.17) is 27.9 Å². The minimum absolute atomic E-state index is 0.205. The van der Waals surface area contributed by atoms with Crippen molar-refractivity contribution >= 4 is 52.6 Å². The summed E-state index contributed by atoms with van der Waals surface area (Å²) in [5.74, 6) is -4.21. The summed E-state index contributed by atoms with van der Waals surface area (Å²) in [5, 5.41) is 2.83. The van der Waals surface area contributed by atoms with E-state index in [9.17, 15) is 19.2 Å². The molecule has 3 aliphatic carbocycles. The lowest BCUT2D eigenvalue weighted by atomic mass is 9.54. The average Bonchev–Trinajstić information content (AvgIpc) is 3.25. The number of carbonyl (C=O) groups is 4. The molecule has 1 N–H and O–H groups in total. The van der Waals surface area contributed by atoms with Gasteiger partial charge in [0.15, 0.2) is 0 Å². The van der Waals surface area contributed by atoms with E-state index in [0.717, 1.165) is 4.90 Å². The molecule has 43 heavy (non-hydrogen) atoms. The second-order valence-corrected chi connectivity index (χ2v) is 13.5. The molecular weight excluding hydrogens is 587 g/mol. The van der Waals surface area contributed by atoms with Gasteiger partial charge in [-0.15, -0.1) is 23.2 Å². The van der Waals surface area contributed by atoms with E-state index in [1.54, 1.807) is 38.1 Å². The molecule has 3 amide bonds. The van der Waals surface area contributed by atoms with Gasteiger partial charge >= 0.3 is 5.97 Å². The Hall–Kier alpha value is -3.68. The first-order valence-electron chi connectivity index (χ1n) is 14.4. The first-order valence-corrected chi connectivity index (χ1v) is 15.2. The van der Waals surface area contributed by atoms with Gasteiger partial charge in [-0.25, -0.2) is 4.79 Å². The van der Waals surface area contributed by atoms with Gasteiger partial charge in [-0.2, -0.15) is 0 Å². The molecule has 1 fully saturated rings. The Bertz CT molecular complexity index is 1530. The molecule has 9 heteroatoms. The van der Waals surface area contributed by atoms with Crippen molar-refractivity contribution < 1.29 is 23.9 Å². The number of hydrogen-bond donors (Lipinski definition) is 1. The summed E-state index contributed by atoms with van der Waals surface area (Å²) in [5.41, 5.74) is 3.57. The van der Waals surface area contributed by atoms with E-state index in [2.05, 4.69) is 5.32 Å². The number of ether oxygens (including phenoxy) is 1. The number of amides is 3. The molecule has 1 saturated heterocycles. The number of alkyl halides is 2. The molecule has 3 aromatic carbocycles. The van der Waals surface area contributed by atoms with Crippen LogP contribution >= 0.6 is 23.2 Å². The van der Waals surface area contributed by atoms with Crippen LogP contribution < -0.4 is 5.32 Å². The molecule has 3 atom stereocenters.